The van der Waals surface area contributed by atoms with Gasteiger partial charge in [-0.15, -0.1) is 0 Å². The Bertz CT molecular complexity index is 1130. The number of benzene rings is 2. The Morgan fingerprint density at radius 3 is 2.49 bits per heavy atom. The van der Waals surface area contributed by atoms with E-state index in [1.165, 1.54) is 51.7 Å². The van der Waals surface area contributed by atoms with Gasteiger partial charge in [0.1, 0.15) is 0 Å². The third kappa shape index (κ3) is 7.11. The van der Waals surface area contributed by atoms with Gasteiger partial charge in [0, 0.05) is 35.9 Å². The molecule has 1 saturated heterocycles. The van der Waals surface area contributed by atoms with Gasteiger partial charge in [-0.25, -0.2) is 8.42 Å². The average molecular weight is 569 g/mol. The van der Waals surface area contributed by atoms with Crippen molar-refractivity contribution in [3.63, 3.8) is 0 Å². The van der Waals surface area contributed by atoms with E-state index in [0.29, 0.717) is 40.3 Å². The Hall–Kier alpha value is -2.30. The van der Waals surface area contributed by atoms with Crippen LogP contribution in [0.2, 0.25) is 0 Å². The number of nitrogens with one attached hydrogen (secondary N) is 1. The molecule has 0 aliphatic carbocycles. The van der Waals surface area contributed by atoms with Crippen LogP contribution in [0.1, 0.15) is 43.0 Å². The van der Waals surface area contributed by atoms with E-state index < -0.39 is 10.0 Å². The van der Waals surface area contributed by atoms with E-state index in [9.17, 15) is 13.2 Å². The summed E-state index contributed by atoms with van der Waals surface area (Å²) in [6.07, 6.45) is 4.51. The number of halogens is 1. The highest BCUT2D eigenvalue weighted by molar-refractivity contribution is 9.10. The lowest BCUT2D eigenvalue weighted by molar-refractivity contribution is 0.0760. The van der Waals surface area contributed by atoms with Crippen LogP contribution in [-0.4, -0.2) is 71.1 Å². The first-order chi connectivity index (χ1) is 16.8. The molecule has 10 heteroatoms. The van der Waals surface area contributed by atoms with E-state index in [4.69, 9.17) is 9.47 Å². The summed E-state index contributed by atoms with van der Waals surface area (Å²) in [5, 5.41) is 0. The molecule has 2 aromatic rings. The number of nitrogens with zero attached hydrogens (tertiary/aromatic N) is 2. The van der Waals surface area contributed by atoms with Gasteiger partial charge in [0.05, 0.1) is 24.7 Å². The van der Waals surface area contributed by atoms with Crippen molar-refractivity contribution in [3.05, 3.63) is 46.4 Å². The highest BCUT2D eigenvalue weighted by Gasteiger charge is 2.23. The van der Waals surface area contributed by atoms with E-state index in [1.54, 1.807) is 18.2 Å². The number of carbonyl (C=O) groups excluding carboxylic acids is 1. The molecule has 3 rings (SSSR count). The van der Waals surface area contributed by atoms with Gasteiger partial charge in [0.15, 0.2) is 11.5 Å². The Labute approximate surface area is 216 Å². The molecule has 1 fully saturated rings. The molecule has 8 nitrogen and oxygen atoms in total. The third-order valence-corrected chi connectivity index (χ3v) is 8.14. The number of hydrogen-bond donors (Lipinski definition) is 1. The van der Waals surface area contributed by atoms with Crippen molar-refractivity contribution >= 4 is 37.5 Å². The lowest BCUT2D eigenvalue weighted by Crippen LogP contribution is -2.35. The van der Waals surface area contributed by atoms with Crippen LogP contribution in [0.5, 0.6) is 11.5 Å². The number of anilines is 1. The molecule has 0 bridgehead atoms. The van der Waals surface area contributed by atoms with Gasteiger partial charge in [-0.2, -0.15) is 0 Å². The van der Waals surface area contributed by atoms with Crippen LogP contribution in [0.4, 0.5) is 5.69 Å². The summed E-state index contributed by atoms with van der Waals surface area (Å²) in [7, 11) is -0.977. The Balaban J connectivity index is 1.74. The zero-order chi connectivity index (χ0) is 25.4. The number of sulfonamides is 1. The average Bonchev–Trinajstić information content (AvgIpc) is 3.10. The van der Waals surface area contributed by atoms with Crippen molar-refractivity contribution < 1.29 is 22.7 Å². The minimum absolute atomic E-state index is 0.0293. The smallest absolute Gasteiger partial charge is 0.262 e. The van der Waals surface area contributed by atoms with Crippen LogP contribution in [0.25, 0.3) is 0 Å². The molecule has 1 heterocycles. The van der Waals surface area contributed by atoms with Crippen molar-refractivity contribution in [2.45, 2.75) is 37.5 Å². The molecule has 0 aromatic heterocycles. The largest absolute Gasteiger partial charge is 0.493 e. The first kappa shape index (κ1) is 27.3. The minimum atomic E-state index is -3.91. The topological polar surface area (TPSA) is 88.2 Å². The second-order valence-corrected chi connectivity index (χ2v) is 11.0. The summed E-state index contributed by atoms with van der Waals surface area (Å²) < 4.78 is 39.6. The molecule has 0 atom stereocenters. The van der Waals surface area contributed by atoms with Crippen molar-refractivity contribution in [3.8, 4) is 11.5 Å². The molecular formula is C25H34BrN3O5S. The van der Waals surface area contributed by atoms with Gasteiger partial charge < -0.3 is 19.3 Å². The Kier molecular flexibility index (Phi) is 9.82. The highest BCUT2D eigenvalue weighted by Crippen LogP contribution is 2.31. The number of methoxy groups -OCH3 is 2. The summed E-state index contributed by atoms with van der Waals surface area (Å²) in [5.74, 6) is 0.635. The number of carbonyl (C=O) groups is 1. The summed E-state index contributed by atoms with van der Waals surface area (Å²) in [4.78, 5) is 17.7. The standard InChI is InChI=1S/C25H34BrN3O5S/c1-4-5-6-12-28-13-7-14-29(16-15-28)25(30)21-17-19(8-10-22(21)26)27-35(31,32)20-9-11-23(33-2)24(18-20)34-3/h8-11,17-18,27H,4-7,12-16H2,1-3H3. The second-order valence-electron chi connectivity index (χ2n) is 8.51. The van der Waals surface area contributed by atoms with Crippen LogP contribution in [0.3, 0.4) is 0 Å². The molecule has 0 spiro atoms. The fourth-order valence-corrected chi connectivity index (χ4v) is 5.58. The van der Waals surface area contributed by atoms with E-state index in [2.05, 4.69) is 32.5 Å². The minimum Gasteiger partial charge on any atom is -0.493 e. The molecule has 0 saturated carbocycles. The maximum absolute atomic E-state index is 13.4. The molecule has 1 aliphatic heterocycles. The lowest BCUT2D eigenvalue weighted by Gasteiger charge is -2.23. The molecule has 0 unspecified atom stereocenters. The van der Waals surface area contributed by atoms with Gasteiger partial charge in [-0.1, -0.05) is 19.8 Å². The van der Waals surface area contributed by atoms with Crippen LogP contribution < -0.4 is 14.2 Å². The van der Waals surface area contributed by atoms with Gasteiger partial charge >= 0.3 is 0 Å². The first-order valence-corrected chi connectivity index (χ1v) is 14.1. The second kappa shape index (κ2) is 12.6. The number of unbranched alkanes of at least 4 members (excludes halogenated alkanes) is 2. The van der Waals surface area contributed by atoms with Crippen molar-refractivity contribution in [2.75, 3.05) is 51.7 Å². The normalized spacial score (nSPS) is 14.9. The summed E-state index contributed by atoms with van der Waals surface area (Å²) in [5.41, 5.74) is 0.735. The maximum Gasteiger partial charge on any atom is 0.262 e. The number of ether oxygens (including phenoxy) is 2. The summed E-state index contributed by atoms with van der Waals surface area (Å²) in [6.45, 7) is 6.42. The van der Waals surface area contributed by atoms with Gasteiger partial charge in [0.25, 0.3) is 15.9 Å². The predicted molar refractivity (Wildman–Crippen MR) is 141 cm³/mol. The van der Waals surface area contributed by atoms with Crippen molar-refractivity contribution in [1.82, 2.24) is 9.80 Å². The highest BCUT2D eigenvalue weighted by atomic mass is 79.9. The number of rotatable bonds is 10. The van der Waals surface area contributed by atoms with E-state index >= 15 is 0 Å². The first-order valence-electron chi connectivity index (χ1n) is 11.8. The van der Waals surface area contributed by atoms with Crippen LogP contribution in [0.15, 0.2) is 45.8 Å². The molecule has 35 heavy (non-hydrogen) atoms. The van der Waals surface area contributed by atoms with Crippen LogP contribution >= 0.6 is 15.9 Å². The summed E-state index contributed by atoms with van der Waals surface area (Å²) in [6, 6.07) is 9.27. The SMILES string of the molecule is CCCCCN1CCCN(C(=O)c2cc(NS(=O)(=O)c3ccc(OC)c(OC)c3)ccc2Br)CC1. The monoisotopic (exact) mass is 567 g/mol. The Morgan fingerprint density at radius 1 is 1.00 bits per heavy atom. The molecule has 1 amide bonds. The maximum atomic E-state index is 13.4. The molecule has 192 valence electrons. The molecule has 2 aromatic carbocycles. The fourth-order valence-electron chi connectivity index (χ4n) is 4.10. The molecular weight excluding hydrogens is 534 g/mol. The fraction of sp³-hybridized carbons (Fsp3) is 0.480. The van der Waals surface area contributed by atoms with Gasteiger partial charge in [0.2, 0.25) is 0 Å². The number of hydrogen-bond acceptors (Lipinski definition) is 6. The lowest BCUT2D eigenvalue weighted by atomic mass is 10.1. The zero-order valence-electron chi connectivity index (χ0n) is 20.5. The Morgan fingerprint density at radius 2 is 1.77 bits per heavy atom. The van der Waals surface area contributed by atoms with Crippen LogP contribution in [0, 0.1) is 0 Å². The quantitative estimate of drug-likeness (QED) is 0.422. The molecule has 1 aliphatic rings. The van der Waals surface area contributed by atoms with E-state index in [0.717, 1.165) is 26.1 Å². The van der Waals surface area contributed by atoms with Gasteiger partial charge in [-0.05, 0) is 72.2 Å². The van der Waals surface area contributed by atoms with E-state index in [1.807, 2.05) is 4.90 Å². The predicted octanol–water partition coefficient (Wildman–Crippen LogP) is 4.61. The number of amides is 1. The van der Waals surface area contributed by atoms with E-state index in [-0.39, 0.29) is 10.8 Å². The van der Waals surface area contributed by atoms with Crippen molar-refractivity contribution in [1.29, 1.82) is 0 Å². The summed E-state index contributed by atoms with van der Waals surface area (Å²) >= 11 is 3.46. The van der Waals surface area contributed by atoms with Gasteiger partial charge in [-0.3, -0.25) is 9.52 Å². The molecule has 1 N–H and O–H groups in total. The third-order valence-electron chi connectivity index (χ3n) is 6.07. The molecule has 0 radical (unpaired) electrons. The zero-order valence-corrected chi connectivity index (χ0v) is 23.0. The van der Waals surface area contributed by atoms with Crippen LogP contribution in [-0.2, 0) is 10.0 Å². The van der Waals surface area contributed by atoms with Crippen molar-refractivity contribution in [2.24, 2.45) is 0 Å².